The Morgan fingerprint density at radius 2 is 2.00 bits per heavy atom. The van der Waals surface area contributed by atoms with Crippen molar-refractivity contribution in [1.29, 1.82) is 0 Å². The second kappa shape index (κ2) is 5.46. The average molecular weight is 344 g/mol. The first-order valence-electron chi connectivity index (χ1n) is 5.55. The third-order valence-electron chi connectivity index (χ3n) is 2.95. The Hall–Kier alpha value is -0.920. The van der Waals surface area contributed by atoms with E-state index in [1.54, 1.807) is 0 Å². The maximum atomic E-state index is 13.8. The van der Waals surface area contributed by atoms with Crippen LogP contribution in [0.2, 0.25) is 5.02 Å². The number of anilines is 1. The summed E-state index contributed by atoms with van der Waals surface area (Å²) in [5.74, 6) is -3.35. The second-order valence-electron chi connectivity index (χ2n) is 4.47. The Balaban J connectivity index is 2.27. The van der Waals surface area contributed by atoms with E-state index in [1.165, 1.54) is 0 Å². The molecule has 1 heterocycles. The SMILES string of the molecule is O=C1CC(CS(=O)(=O)Cl)CN1c1ccc(F)c(Cl)c1F. The van der Waals surface area contributed by atoms with Gasteiger partial charge in [0.1, 0.15) is 10.8 Å². The monoisotopic (exact) mass is 343 g/mol. The Morgan fingerprint density at radius 3 is 2.60 bits per heavy atom. The fourth-order valence-electron chi connectivity index (χ4n) is 2.13. The van der Waals surface area contributed by atoms with E-state index >= 15 is 0 Å². The normalized spacial score (nSPS) is 19.7. The highest BCUT2D eigenvalue weighted by atomic mass is 35.7. The Bertz CT molecular complexity index is 666. The third kappa shape index (κ3) is 3.21. The van der Waals surface area contributed by atoms with Crippen molar-refractivity contribution in [2.24, 2.45) is 5.92 Å². The first kappa shape index (κ1) is 15.5. The molecule has 1 unspecified atom stereocenters. The molecule has 0 radical (unpaired) electrons. The summed E-state index contributed by atoms with van der Waals surface area (Å²) >= 11 is 5.45. The standard InChI is InChI=1S/C11H9Cl2F2NO3S/c12-10-7(14)1-2-8(11(10)15)16-4-6(3-9(16)17)5-20(13,18)19/h1-2,6H,3-5H2. The summed E-state index contributed by atoms with van der Waals surface area (Å²) < 4.78 is 48.9. The van der Waals surface area contributed by atoms with E-state index in [0.717, 1.165) is 17.0 Å². The molecule has 0 aliphatic carbocycles. The minimum atomic E-state index is -3.75. The van der Waals surface area contributed by atoms with Crippen molar-refractivity contribution in [3.05, 3.63) is 28.8 Å². The fourth-order valence-corrected chi connectivity index (χ4v) is 3.61. The lowest BCUT2D eigenvalue weighted by atomic mass is 10.1. The van der Waals surface area contributed by atoms with Crippen LogP contribution < -0.4 is 4.90 Å². The number of carbonyl (C=O) groups excluding carboxylic acids is 1. The number of carbonyl (C=O) groups is 1. The first-order valence-corrected chi connectivity index (χ1v) is 8.41. The molecular formula is C11H9Cl2F2NO3S. The molecule has 0 bridgehead atoms. The van der Waals surface area contributed by atoms with Gasteiger partial charge in [-0.05, 0) is 12.1 Å². The highest BCUT2D eigenvalue weighted by molar-refractivity contribution is 8.13. The molecule has 1 saturated heterocycles. The van der Waals surface area contributed by atoms with Gasteiger partial charge in [0.05, 0.1) is 11.4 Å². The van der Waals surface area contributed by atoms with E-state index in [4.69, 9.17) is 22.3 Å². The number of amides is 1. The summed E-state index contributed by atoms with van der Waals surface area (Å²) in [4.78, 5) is 12.9. The van der Waals surface area contributed by atoms with Gasteiger partial charge < -0.3 is 4.90 Å². The van der Waals surface area contributed by atoms with Gasteiger partial charge in [0.25, 0.3) is 0 Å². The molecule has 2 rings (SSSR count). The van der Waals surface area contributed by atoms with Gasteiger partial charge in [0, 0.05) is 29.6 Å². The van der Waals surface area contributed by atoms with Gasteiger partial charge in [-0.25, -0.2) is 17.2 Å². The molecule has 1 fully saturated rings. The van der Waals surface area contributed by atoms with Crippen molar-refractivity contribution >= 4 is 42.9 Å². The Morgan fingerprint density at radius 1 is 1.35 bits per heavy atom. The summed E-state index contributed by atoms with van der Waals surface area (Å²) in [5, 5.41) is -0.705. The van der Waals surface area contributed by atoms with Crippen molar-refractivity contribution in [1.82, 2.24) is 0 Å². The summed E-state index contributed by atoms with van der Waals surface area (Å²) in [6, 6.07) is 2.03. The van der Waals surface area contributed by atoms with Gasteiger partial charge in [-0.3, -0.25) is 4.79 Å². The summed E-state index contributed by atoms with van der Waals surface area (Å²) in [7, 11) is 1.38. The van der Waals surface area contributed by atoms with Crippen LogP contribution in [0, 0.1) is 17.6 Å². The zero-order valence-electron chi connectivity index (χ0n) is 9.95. The van der Waals surface area contributed by atoms with Crippen LogP contribution in [0.1, 0.15) is 6.42 Å². The molecule has 1 aliphatic heterocycles. The van der Waals surface area contributed by atoms with Gasteiger partial charge in [-0.1, -0.05) is 11.6 Å². The van der Waals surface area contributed by atoms with Crippen LogP contribution in [0.3, 0.4) is 0 Å². The molecule has 20 heavy (non-hydrogen) atoms. The molecule has 110 valence electrons. The van der Waals surface area contributed by atoms with Crippen molar-refractivity contribution in [3.63, 3.8) is 0 Å². The highest BCUT2D eigenvalue weighted by Crippen LogP contribution is 2.32. The number of benzene rings is 1. The van der Waals surface area contributed by atoms with Crippen LogP contribution in [0.4, 0.5) is 14.5 Å². The van der Waals surface area contributed by atoms with E-state index < -0.39 is 37.5 Å². The van der Waals surface area contributed by atoms with E-state index in [1.807, 2.05) is 0 Å². The topological polar surface area (TPSA) is 54.5 Å². The van der Waals surface area contributed by atoms with Crippen molar-refractivity contribution in [3.8, 4) is 0 Å². The molecule has 0 spiro atoms. The molecule has 1 aromatic carbocycles. The number of hydrogen-bond donors (Lipinski definition) is 0. The molecule has 1 atom stereocenters. The van der Waals surface area contributed by atoms with Crippen LogP contribution in [-0.4, -0.2) is 26.6 Å². The van der Waals surface area contributed by atoms with Crippen LogP contribution in [0.5, 0.6) is 0 Å². The fraction of sp³-hybridized carbons (Fsp3) is 0.364. The Labute approximate surface area is 123 Å². The van der Waals surface area contributed by atoms with E-state index in [0.29, 0.717) is 0 Å². The predicted molar refractivity (Wildman–Crippen MR) is 71.5 cm³/mol. The Kier molecular flexibility index (Phi) is 4.22. The molecule has 0 aromatic heterocycles. The van der Waals surface area contributed by atoms with Gasteiger partial charge in [-0.15, -0.1) is 0 Å². The van der Waals surface area contributed by atoms with Crippen molar-refractivity contribution < 1.29 is 22.0 Å². The second-order valence-corrected chi connectivity index (χ2v) is 7.67. The molecule has 0 N–H and O–H groups in total. The van der Waals surface area contributed by atoms with Crippen molar-refractivity contribution in [2.45, 2.75) is 6.42 Å². The molecule has 4 nitrogen and oxygen atoms in total. The summed E-state index contributed by atoms with van der Waals surface area (Å²) in [6.07, 6.45) is -0.0691. The molecule has 1 aromatic rings. The molecule has 0 saturated carbocycles. The van der Waals surface area contributed by atoms with Crippen molar-refractivity contribution in [2.75, 3.05) is 17.2 Å². The van der Waals surface area contributed by atoms with Crippen LogP contribution in [-0.2, 0) is 13.8 Å². The average Bonchev–Trinajstić information content (AvgIpc) is 2.65. The lowest BCUT2D eigenvalue weighted by Gasteiger charge is -2.18. The number of halogens is 4. The lowest BCUT2D eigenvalue weighted by Crippen LogP contribution is -2.26. The van der Waals surface area contributed by atoms with Gasteiger partial charge >= 0.3 is 0 Å². The van der Waals surface area contributed by atoms with E-state index in [-0.39, 0.29) is 24.4 Å². The molecule has 1 amide bonds. The van der Waals surface area contributed by atoms with Crippen LogP contribution in [0.15, 0.2) is 12.1 Å². The van der Waals surface area contributed by atoms with Gasteiger partial charge in [0.2, 0.25) is 15.0 Å². The minimum absolute atomic E-state index is 0.0103. The maximum absolute atomic E-state index is 13.8. The zero-order valence-corrected chi connectivity index (χ0v) is 12.3. The van der Waals surface area contributed by atoms with Gasteiger partial charge in [0.15, 0.2) is 5.82 Å². The van der Waals surface area contributed by atoms with Crippen LogP contribution >= 0.6 is 22.3 Å². The third-order valence-corrected chi connectivity index (χ3v) is 4.54. The largest absolute Gasteiger partial charge is 0.309 e. The van der Waals surface area contributed by atoms with Gasteiger partial charge in [-0.2, -0.15) is 0 Å². The number of hydrogen-bond acceptors (Lipinski definition) is 3. The summed E-state index contributed by atoms with van der Waals surface area (Å²) in [5.41, 5.74) is -0.170. The molecular weight excluding hydrogens is 335 g/mol. The maximum Gasteiger partial charge on any atom is 0.232 e. The van der Waals surface area contributed by atoms with E-state index in [9.17, 15) is 22.0 Å². The number of rotatable bonds is 3. The summed E-state index contributed by atoms with van der Waals surface area (Å²) in [6.45, 7) is -0.0103. The first-order chi connectivity index (χ1) is 9.19. The predicted octanol–water partition coefficient (Wildman–Crippen LogP) is 2.54. The number of nitrogens with zero attached hydrogens (tertiary/aromatic N) is 1. The smallest absolute Gasteiger partial charge is 0.232 e. The molecule has 9 heteroatoms. The van der Waals surface area contributed by atoms with E-state index in [2.05, 4.69) is 0 Å². The zero-order chi connectivity index (χ0) is 15.1. The highest BCUT2D eigenvalue weighted by Gasteiger charge is 2.35. The van der Waals surface area contributed by atoms with Crippen LogP contribution in [0.25, 0.3) is 0 Å². The minimum Gasteiger partial charge on any atom is -0.309 e. The quantitative estimate of drug-likeness (QED) is 0.626. The molecule has 1 aliphatic rings. The lowest BCUT2D eigenvalue weighted by molar-refractivity contribution is -0.117.